The second kappa shape index (κ2) is 5.85. The summed E-state index contributed by atoms with van der Waals surface area (Å²) in [6, 6.07) is 6.97. The maximum atomic E-state index is 12.4. The lowest BCUT2D eigenvalue weighted by molar-refractivity contribution is 0.601. The molecule has 0 saturated heterocycles. The molecule has 1 aromatic heterocycles. The van der Waals surface area contributed by atoms with Crippen LogP contribution in [0.15, 0.2) is 33.6 Å². The average molecular weight is 375 g/mol. The third-order valence-corrected chi connectivity index (χ3v) is 6.40. The van der Waals surface area contributed by atoms with Gasteiger partial charge in [-0.3, -0.25) is 4.72 Å². The Morgan fingerprint density at radius 3 is 2.55 bits per heavy atom. The Morgan fingerprint density at radius 1 is 1.30 bits per heavy atom. The molecule has 1 heterocycles. The molecule has 20 heavy (non-hydrogen) atoms. The Morgan fingerprint density at radius 2 is 2.00 bits per heavy atom. The van der Waals surface area contributed by atoms with Gasteiger partial charge in [-0.15, -0.1) is 11.3 Å². The third-order valence-electron chi connectivity index (χ3n) is 2.84. The zero-order valence-electron chi connectivity index (χ0n) is 11.1. The lowest BCUT2D eigenvalue weighted by Gasteiger charge is -2.09. The number of thiophene rings is 1. The summed E-state index contributed by atoms with van der Waals surface area (Å²) in [4.78, 5) is 1.89. The van der Waals surface area contributed by atoms with Gasteiger partial charge in [0.1, 0.15) is 4.90 Å². The van der Waals surface area contributed by atoms with Crippen molar-refractivity contribution in [2.75, 3.05) is 4.72 Å². The Kier molecular flexibility index (Phi) is 4.53. The number of aryl methyl sites for hydroxylation is 2. The molecule has 0 atom stereocenters. The maximum absolute atomic E-state index is 12.4. The van der Waals surface area contributed by atoms with Gasteiger partial charge in [0.15, 0.2) is 0 Å². The van der Waals surface area contributed by atoms with E-state index in [-0.39, 0.29) is 0 Å². The number of benzene rings is 1. The van der Waals surface area contributed by atoms with Gasteiger partial charge >= 0.3 is 0 Å². The van der Waals surface area contributed by atoms with Crippen molar-refractivity contribution in [3.8, 4) is 0 Å². The van der Waals surface area contributed by atoms with E-state index in [9.17, 15) is 8.42 Å². The van der Waals surface area contributed by atoms with Crippen LogP contribution in [0.2, 0.25) is 0 Å². The molecule has 0 bridgehead atoms. The average Bonchev–Trinajstić information content (AvgIpc) is 2.76. The SMILES string of the molecule is Cc1ccc(NS(=O)(=O)c2cc(CN)sc2C)cc1Br. The summed E-state index contributed by atoms with van der Waals surface area (Å²) in [5, 5.41) is 0. The summed E-state index contributed by atoms with van der Waals surface area (Å²) in [5.74, 6) is 0. The molecule has 2 aromatic rings. The molecular weight excluding hydrogens is 360 g/mol. The predicted molar refractivity (Wildman–Crippen MR) is 86.6 cm³/mol. The number of rotatable bonds is 4. The van der Waals surface area contributed by atoms with Crippen molar-refractivity contribution in [1.82, 2.24) is 0 Å². The van der Waals surface area contributed by atoms with Crippen molar-refractivity contribution in [3.05, 3.63) is 44.1 Å². The molecular formula is C13H15BrN2O2S2. The minimum absolute atomic E-state index is 0.291. The van der Waals surface area contributed by atoms with E-state index in [4.69, 9.17) is 5.73 Å². The van der Waals surface area contributed by atoms with Crippen molar-refractivity contribution in [2.45, 2.75) is 25.3 Å². The highest BCUT2D eigenvalue weighted by molar-refractivity contribution is 9.10. The largest absolute Gasteiger partial charge is 0.326 e. The van der Waals surface area contributed by atoms with Gasteiger partial charge < -0.3 is 5.73 Å². The van der Waals surface area contributed by atoms with Crippen molar-refractivity contribution < 1.29 is 8.42 Å². The zero-order valence-corrected chi connectivity index (χ0v) is 14.3. The molecule has 0 saturated carbocycles. The molecule has 108 valence electrons. The Balaban J connectivity index is 2.35. The minimum atomic E-state index is -3.58. The van der Waals surface area contributed by atoms with Crippen LogP contribution in [-0.4, -0.2) is 8.42 Å². The van der Waals surface area contributed by atoms with Gasteiger partial charge in [0, 0.05) is 26.5 Å². The fourth-order valence-electron chi connectivity index (χ4n) is 1.76. The number of anilines is 1. The van der Waals surface area contributed by atoms with Crippen LogP contribution in [-0.2, 0) is 16.6 Å². The maximum Gasteiger partial charge on any atom is 0.263 e. The first-order valence-electron chi connectivity index (χ1n) is 5.92. The Bertz CT molecular complexity index is 739. The van der Waals surface area contributed by atoms with E-state index < -0.39 is 10.0 Å². The zero-order chi connectivity index (χ0) is 14.9. The molecule has 7 heteroatoms. The second-order valence-electron chi connectivity index (χ2n) is 4.41. The van der Waals surface area contributed by atoms with Crippen molar-refractivity contribution in [2.24, 2.45) is 5.73 Å². The number of sulfonamides is 1. The van der Waals surface area contributed by atoms with E-state index in [1.54, 1.807) is 25.1 Å². The van der Waals surface area contributed by atoms with E-state index in [2.05, 4.69) is 20.7 Å². The molecule has 4 nitrogen and oxygen atoms in total. The quantitative estimate of drug-likeness (QED) is 0.861. The highest BCUT2D eigenvalue weighted by Gasteiger charge is 2.20. The summed E-state index contributed by atoms with van der Waals surface area (Å²) in [6.07, 6.45) is 0. The van der Waals surface area contributed by atoms with Gasteiger partial charge in [-0.05, 0) is 37.6 Å². The molecule has 2 rings (SSSR count). The predicted octanol–water partition coefficient (Wildman–Crippen LogP) is 3.39. The van der Waals surface area contributed by atoms with Gasteiger partial charge in [0.05, 0.1) is 0 Å². The molecule has 3 N–H and O–H groups in total. The summed E-state index contributed by atoms with van der Waals surface area (Å²) < 4.78 is 28.2. The van der Waals surface area contributed by atoms with E-state index in [1.165, 1.54) is 11.3 Å². The topological polar surface area (TPSA) is 72.2 Å². The van der Waals surface area contributed by atoms with E-state index in [1.807, 2.05) is 13.0 Å². The van der Waals surface area contributed by atoms with Crippen LogP contribution < -0.4 is 10.5 Å². The van der Waals surface area contributed by atoms with Gasteiger partial charge in [-0.25, -0.2) is 8.42 Å². The second-order valence-corrected chi connectivity index (χ2v) is 8.25. The first kappa shape index (κ1) is 15.5. The standard InChI is InChI=1S/C13H15BrN2O2S2/c1-8-3-4-10(5-12(8)14)16-20(17,18)13-6-11(7-15)19-9(13)2/h3-6,16H,7,15H2,1-2H3. The molecule has 0 radical (unpaired) electrons. The van der Waals surface area contributed by atoms with Crippen LogP contribution in [0.25, 0.3) is 0 Å². The van der Waals surface area contributed by atoms with Gasteiger partial charge in [-0.2, -0.15) is 0 Å². The first-order valence-corrected chi connectivity index (χ1v) is 9.01. The lowest BCUT2D eigenvalue weighted by Crippen LogP contribution is -2.13. The fourth-order valence-corrected chi connectivity index (χ4v) is 4.70. The van der Waals surface area contributed by atoms with Gasteiger partial charge in [0.25, 0.3) is 10.0 Å². The van der Waals surface area contributed by atoms with Crippen LogP contribution in [0.4, 0.5) is 5.69 Å². The third kappa shape index (κ3) is 3.22. The lowest BCUT2D eigenvalue weighted by atomic mass is 10.2. The monoisotopic (exact) mass is 374 g/mol. The number of nitrogens with one attached hydrogen (secondary N) is 1. The molecule has 0 fully saturated rings. The normalized spacial score (nSPS) is 11.6. The molecule has 0 unspecified atom stereocenters. The van der Waals surface area contributed by atoms with Crippen molar-refractivity contribution >= 4 is 43.0 Å². The number of halogens is 1. The summed E-state index contributed by atoms with van der Waals surface area (Å²) in [6.45, 7) is 4.07. The summed E-state index contributed by atoms with van der Waals surface area (Å²) >= 11 is 4.79. The van der Waals surface area contributed by atoms with E-state index >= 15 is 0 Å². The Labute approximate surface area is 131 Å². The van der Waals surface area contributed by atoms with Crippen LogP contribution >= 0.6 is 27.3 Å². The Hall–Kier alpha value is -0.890. The van der Waals surface area contributed by atoms with Gasteiger partial charge in [0.2, 0.25) is 0 Å². The van der Waals surface area contributed by atoms with Crippen LogP contribution in [0.1, 0.15) is 15.3 Å². The van der Waals surface area contributed by atoms with Gasteiger partial charge in [-0.1, -0.05) is 22.0 Å². The molecule has 1 aromatic carbocycles. The smallest absolute Gasteiger partial charge is 0.263 e. The number of hydrogen-bond donors (Lipinski definition) is 2. The van der Waals surface area contributed by atoms with Crippen LogP contribution in [0.3, 0.4) is 0 Å². The van der Waals surface area contributed by atoms with E-state index in [0.29, 0.717) is 17.1 Å². The van der Waals surface area contributed by atoms with E-state index in [0.717, 1.165) is 19.8 Å². The number of hydrogen-bond acceptors (Lipinski definition) is 4. The van der Waals surface area contributed by atoms with Crippen LogP contribution in [0, 0.1) is 13.8 Å². The molecule has 0 aliphatic heterocycles. The summed E-state index contributed by atoms with van der Waals surface area (Å²) in [7, 11) is -3.58. The van der Waals surface area contributed by atoms with Crippen molar-refractivity contribution in [3.63, 3.8) is 0 Å². The first-order chi connectivity index (χ1) is 9.33. The number of nitrogens with two attached hydrogens (primary N) is 1. The molecule has 0 spiro atoms. The minimum Gasteiger partial charge on any atom is -0.326 e. The highest BCUT2D eigenvalue weighted by Crippen LogP contribution is 2.28. The van der Waals surface area contributed by atoms with Crippen LogP contribution in [0.5, 0.6) is 0 Å². The molecule has 0 aliphatic rings. The molecule has 0 aliphatic carbocycles. The highest BCUT2D eigenvalue weighted by atomic mass is 79.9. The van der Waals surface area contributed by atoms with Crippen molar-refractivity contribution in [1.29, 1.82) is 0 Å². The molecule has 0 amide bonds. The fraction of sp³-hybridized carbons (Fsp3) is 0.231. The summed E-state index contributed by atoms with van der Waals surface area (Å²) in [5.41, 5.74) is 7.13.